The van der Waals surface area contributed by atoms with Crippen LogP contribution in [0.1, 0.15) is 102 Å². The first kappa shape index (κ1) is 28.8. The molecule has 1 aromatic rings. The molecule has 3 N–H and O–H groups in total. The SMILES string of the molecule is CCCCCCCCC#CCCCCCCCC(=O)NCc1ccc(OCCN)c(OC)c1. The molecular weight excluding hydrogens is 412 g/mol. The third-order valence-corrected chi connectivity index (χ3v) is 5.58. The first-order valence-corrected chi connectivity index (χ1v) is 12.9. The van der Waals surface area contributed by atoms with E-state index in [1.807, 2.05) is 18.2 Å². The zero-order valence-corrected chi connectivity index (χ0v) is 21.1. The molecule has 0 radical (unpaired) electrons. The fraction of sp³-hybridized carbons (Fsp3) is 0.679. The maximum atomic E-state index is 12.1. The first-order chi connectivity index (χ1) is 16.2. The number of carbonyl (C=O) groups excluding carboxylic acids is 1. The second kappa shape index (κ2) is 20.4. The van der Waals surface area contributed by atoms with Crippen LogP contribution in [-0.4, -0.2) is 26.2 Å². The van der Waals surface area contributed by atoms with E-state index in [4.69, 9.17) is 15.2 Å². The van der Waals surface area contributed by atoms with Crippen LogP contribution < -0.4 is 20.5 Å². The van der Waals surface area contributed by atoms with E-state index in [-0.39, 0.29) is 5.91 Å². The largest absolute Gasteiger partial charge is 0.493 e. The summed E-state index contributed by atoms with van der Waals surface area (Å²) in [5, 5.41) is 2.99. The Balaban J connectivity index is 2.03. The molecule has 0 aliphatic carbocycles. The van der Waals surface area contributed by atoms with Gasteiger partial charge in [0.25, 0.3) is 0 Å². The predicted octanol–water partition coefficient (Wildman–Crippen LogP) is 6.13. The molecule has 186 valence electrons. The Bertz CT molecular complexity index is 694. The molecule has 0 aliphatic rings. The van der Waals surface area contributed by atoms with Crippen molar-refractivity contribution in [3.63, 3.8) is 0 Å². The van der Waals surface area contributed by atoms with Gasteiger partial charge in [0.1, 0.15) is 6.61 Å². The average Bonchev–Trinajstić information content (AvgIpc) is 2.84. The Morgan fingerprint density at radius 1 is 0.909 bits per heavy atom. The molecule has 0 fully saturated rings. The van der Waals surface area contributed by atoms with Crippen molar-refractivity contribution in [3.05, 3.63) is 23.8 Å². The summed E-state index contributed by atoms with van der Waals surface area (Å²) in [4.78, 5) is 12.1. The smallest absolute Gasteiger partial charge is 0.220 e. The summed E-state index contributed by atoms with van der Waals surface area (Å²) in [5.74, 6) is 8.05. The highest BCUT2D eigenvalue weighted by molar-refractivity contribution is 5.75. The molecule has 0 bridgehead atoms. The van der Waals surface area contributed by atoms with E-state index in [1.165, 1.54) is 57.8 Å². The van der Waals surface area contributed by atoms with Gasteiger partial charge in [-0.05, 0) is 37.0 Å². The fourth-order valence-corrected chi connectivity index (χ4v) is 3.60. The van der Waals surface area contributed by atoms with Crippen molar-refractivity contribution >= 4 is 5.91 Å². The Morgan fingerprint density at radius 2 is 1.55 bits per heavy atom. The van der Waals surface area contributed by atoms with Crippen molar-refractivity contribution in [2.24, 2.45) is 5.73 Å². The zero-order valence-electron chi connectivity index (χ0n) is 21.1. The number of methoxy groups -OCH3 is 1. The molecular formula is C28H46N2O3. The van der Waals surface area contributed by atoms with E-state index in [9.17, 15) is 4.79 Å². The minimum atomic E-state index is 0.0954. The molecule has 33 heavy (non-hydrogen) atoms. The number of rotatable bonds is 19. The van der Waals surface area contributed by atoms with Gasteiger partial charge in [-0.1, -0.05) is 64.4 Å². The molecule has 0 spiro atoms. The van der Waals surface area contributed by atoms with E-state index in [0.29, 0.717) is 37.6 Å². The van der Waals surface area contributed by atoms with Crippen LogP contribution in [0.4, 0.5) is 0 Å². The lowest BCUT2D eigenvalue weighted by Gasteiger charge is -2.12. The molecule has 0 heterocycles. The lowest BCUT2D eigenvalue weighted by Crippen LogP contribution is -2.22. The quantitative estimate of drug-likeness (QED) is 0.193. The normalized spacial score (nSPS) is 10.4. The lowest BCUT2D eigenvalue weighted by molar-refractivity contribution is -0.121. The average molecular weight is 459 g/mol. The molecule has 0 aliphatic heterocycles. The summed E-state index contributed by atoms with van der Waals surface area (Å²) in [6.07, 6.45) is 16.2. The van der Waals surface area contributed by atoms with Crippen molar-refractivity contribution in [2.75, 3.05) is 20.3 Å². The molecule has 1 amide bonds. The Morgan fingerprint density at radius 3 is 2.18 bits per heavy atom. The number of hydrogen-bond acceptors (Lipinski definition) is 4. The summed E-state index contributed by atoms with van der Waals surface area (Å²) in [6, 6.07) is 5.68. The minimum absolute atomic E-state index is 0.0954. The number of carbonyl (C=O) groups is 1. The summed E-state index contributed by atoms with van der Waals surface area (Å²) >= 11 is 0. The van der Waals surface area contributed by atoms with Crippen LogP contribution in [0.5, 0.6) is 11.5 Å². The Kier molecular flexibility index (Phi) is 17.8. The molecule has 1 aromatic carbocycles. The van der Waals surface area contributed by atoms with Gasteiger partial charge in [0.05, 0.1) is 7.11 Å². The van der Waals surface area contributed by atoms with E-state index in [2.05, 4.69) is 24.1 Å². The van der Waals surface area contributed by atoms with Gasteiger partial charge < -0.3 is 20.5 Å². The van der Waals surface area contributed by atoms with Crippen LogP contribution >= 0.6 is 0 Å². The number of nitrogens with two attached hydrogens (primary N) is 1. The van der Waals surface area contributed by atoms with Crippen LogP contribution in [0, 0.1) is 11.8 Å². The van der Waals surface area contributed by atoms with Crippen molar-refractivity contribution in [1.82, 2.24) is 5.32 Å². The van der Waals surface area contributed by atoms with E-state index >= 15 is 0 Å². The highest BCUT2D eigenvalue weighted by Gasteiger charge is 2.07. The zero-order chi connectivity index (χ0) is 24.0. The summed E-state index contributed by atoms with van der Waals surface area (Å²) in [5.41, 5.74) is 6.46. The van der Waals surface area contributed by atoms with Gasteiger partial charge >= 0.3 is 0 Å². The van der Waals surface area contributed by atoms with Gasteiger partial charge in [0, 0.05) is 32.4 Å². The van der Waals surface area contributed by atoms with E-state index in [0.717, 1.165) is 31.2 Å². The van der Waals surface area contributed by atoms with Crippen LogP contribution in [0.15, 0.2) is 18.2 Å². The third-order valence-electron chi connectivity index (χ3n) is 5.58. The molecule has 5 heteroatoms. The molecule has 0 unspecified atom stereocenters. The standard InChI is InChI=1S/C28H46N2O3/c1-3-4-5-6-7-8-9-10-11-12-13-14-15-16-17-18-28(31)30-24-25-19-20-26(33-22-21-29)27(23-25)32-2/h19-20,23H,3-9,12-18,21-22,24,29H2,1-2H3,(H,30,31). The maximum absolute atomic E-state index is 12.1. The number of ether oxygens (including phenoxy) is 2. The molecule has 0 atom stereocenters. The van der Waals surface area contributed by atoms with E-state index < -0.39 is 0 Å². The highest BCUT2D eigenvalue weighted by atomic mass is 16.5. The first-order valence-electron chi connectivity index (χ1n) is 12.9. The van der Waals surface area contributed by atoms with Crippen molar-refractivity contribution in [2.45, 2.75) is 103 Å². The molecule has 5 nitrogen and oxygen atoms in total. The third kappa shape index (κ3) is 15.3. The number of amides is 1. The Labute approximate surface area is 202 Å². The fourth-order valence-electron chi connectivity index (χ4n) is 3.60. The number of unbranched alkanes of at least 4 members (excludes halogenated alkanes) is 11. The van der Waals surface area contributed by atoms with Gasteiger partial charge in [0.2, 0.25) is 5.91 Å². The summed E-state index contributed by atoms with van der Waals surface area (Å²) < 4.78 is 10.9. The topological polar surface area (TPSA) is 73.6 Å². The molecule has 0 aromatic heterocycles. The van der Waals surface area contributed by atoms with E-state index in [1.54, 1.807) is 7.11 Å². The lowest BCUT2D eigenvalue weighted by atomic mass is 10.1. The second-order valence-electron chi connectivity index (χ2n) is 8.54. The maximum Gasteiger partial charge on any atom is 0.220 e. The van der Waals surface area contributed by atoms with Gasteiger partial charge in [-0.3, -0.25) is 4.79 Å². The monoisotopic (exact) mass is 458 g/mol. The van der Waals surface area contributed by atoms with Crippen molar-refractivity contribution in [1.29, 1.82) is 0 Å². The van der Waals surface area contributed by atoms with Gasteiger partial charge in [0.15, 0.2) is 11.5 Å². The van der Waals surface area contributed by atoms with Gasteiger partial charge in [-0.2, -0.15) is 0 Å². The predicted molar refractivity (Wildman–Crippen MR) is 137 cm³/mol. The summed E-state index contributed by atoms with van der Waals surface area (Å²) in [6.45, 7) is 3.64. The molecule has 0 saturated heterocycles. The second-order valence-corrected chi connectivity index (χ2v) is 8.54. The highest BCUT2D eigenvalue weighted by Crippen LogP contribution is 2.28. The van der Waals surface area contributed by atoms with Crippen LogP contribution in [0.3, 0.4) is 0 Å². The summed E-state index contributed by atoms with van der Waals surface area (Å²) in [7, 11) is 1.61. The van der Waals surface area contributed by atoms with Gasteiger partial charge in [-0.15, -0.1) is 11.8 Å². The number of nitrogens with one attached hydrogen (secondary N) is 1. The Hall–Kier alpha value is -2.19. The number of hydrogen-bond donors (Lipinski definition) is 2. The van der Waals surface area contributed by atoms with Crippen LogP contribution in [0.2, 0.25) is 0 Å². The van der Waals surface area contributed by atoms with Crippen LogP contribution in [0.25, 0.3) is 0 Å². The van der Waals surface area contributed by atoms with Crippen molar-refractivity contribution < 1.29 is 14.3 Å². The van der Waals surface area contributed by atoms with Crippen molar-refractivity contribution in [3.8, 4) is 23.3 Å². The van der Waals surface area contributed by atoms with Gasteiger partial charge in [-0.25, -0.2) is 0 Å². The molecule has 0 saturated carbocycles. The number of benzene rings is 1. The van der Waals surface area contributed by atoms with Crippen LogP contribution in [-0.2, 0) is 11.3 Å². The molecule has 1 rings (SSSR count). The minimum Gasteiger partial charge on any atom is -0.493 e.